The van der Waals surface area contributed by atoms with Gasteiger partial charge in [-0.25, -0.2) is 4.98 Å². The summed E-state index contributed by atoms with van der Waals surface area (Å²) in [7, 11) is 1.53. The van der Waals surface area contributed by atoms with Crippen molar-refractivity contribution in [1.29, 1.82) is 0 Å². The number of anilines is 1. The smallest absolute Gasteiger partial charge is 0.260 e. The van der Waals surface area contributed by atoms with Crippen LogP contribution in [0.4, 0.5) is 5.82 Å². The number of hydrogen-bond donors (Lipinski definition) is 1. The van der Waals surface area contributed by atoms with Crippen LogP contribution in [0.1, 0.15) is 16.1 Å². The average molecular weight is 243 g/mol. The average Bonchev–Trinajstić information content (AvgIpc) is 2.41. The van der Waals surface area contributed by atoms with E-state index in [1.165, 1.54) is 13.3 Å². The lowest BCUT2D eigenvalue weighted by atomic mass is 10.2. The summed E-state index contributed by atoms with van der Waals surface area (Å²) in [5.41, 5.74) is 1.26. The number of aromatic nitrogens is 2. The highest BCUT2D eigenvalue weighted by Gasteiger charge is 2.11. The van der Waals surface area contributed by atoms with Gasteiger partial charge in [0.25, 0.3) is 5.91 Å². The van der Waals surface area contributed by atoms with Crippen LogP contribution in [0.3, 0.4) is 0 Å². The minimum atomic E-state index is -0.273. The number of carbonyl (C=O) groups is 1. The maximum Gasteiger partial charge on any atom is 0.260 e. The molecule has 0 fully saturated rings. The molecule has 2 aromatic rings. The van der Waals surface area contributed by atoms with E-state index in [0.29, 0.717) is 17.1 Å². The fourth-order valence-electron chi connectivity index (χ4n) is 1.47. The molecule has 0 unspecified atom stereocenters. The highest BCUT2D eigenvalue weighted by molar-refractivity contribution is 6.05. The maximum atomic E-state index is 12.0. The lowest BCUT2D eigenvalue weighted by molar-refractivity contribution is 0.102. The van der Waals surface area contributed by atoms with Gasteiger partial charge in [0, 0.05) is 0 Å². The number of nitrogens with one attached hydrogen (secondary N) is 1. The van der Waals surface area contributed by atoms with Gasteiger partial charge in [-0.05, 0) is 19.1 Å². The van der Waals surface area contributed by atoms with E-state index >= 15 is 0 Å². The van der Waals surface area contributed by atoms with Crippen molar-refractivity contribution in [2.24, 2.45) is 0 Å². The van der Waals surface area contributed by atoms with Crippen LogP contribution < -0.4 is 10.1 Å². The Bertz CT molecular complexity index is 552. The largest absolute Gasteiger partial charge is 0.496 e. The van der Waals surface area contributed by atoms with Crippen molar-refractivity contribution < 1.29 is 9.53 Å². The summed E-state index contributed by atoms with van der Waals surface area (Å²) in [5, 5.41) is 2.67. The molecule has 18 heavy (non-hydrogen) atoms. The molecule has 1 amide bonds. The van der Waals surface area contributed by atoms with E-state index in [-0.39, 0.29) is 5.91 Å². The zero-order valence-electron chi connectivity index (χ0n) is 10.2. The van der Waals surface area contributed by atoms with Crippen molar-refractivity contribution >= 4 is 11.7 Å². The molecule has 5 heteroatoms. The predicted molar refractivity (Wildman–Crippen MR) is 67.7 cm³/mol. The Hall–Kier alpha value is -2.43. The second kappa shape index (κ2) is 5.27. The number of carbonyl (C=O) groups excluding carboxylic acids is 1. The number of rotatable bonds is 3. The second-order valence-electron chi connectivity index (χ2n) is 3.70. The van der Waals surface area contributed by atoms with Gasteiger partial charge in [0.2, 0.25) is 0 Å². The molecule has 0 radical (unpaired) electrons. The van der Waals surface area contributed by atoms with Crippen LogP contribution in [0.25, 0.3) is 0 Å². The quantitative estimate of drug-likeness (QED) is 0.896. The number of ether oxygens (including phenoxy) is 1. The molecule has 0 aliphatic carbocycles. The van der Waals surface area contributed by atoms with Crippen LogP contribution in [-0.2, 0) is 0 Å². The van der Waals surface area contributed by atoms with Crippen LogP contribution >= 0.6 is 0 Å². The van der Waals surface area contributed by atoms with E-state index in [1.54, 1.807) is 30.5 Å². The molecular weight excluding hydrogens is 230 g/mol. The molecule has 0 atom stereocenters. The van der Waals surface area contributed by atoms with E-state index in [4.69, 9.17) is 4.74 Å². The third-order valence-electron chi connectivity index (χ3n) is 2.37. The van der Waals surface area contributed by atoms with Gasteiger partial charge in [0.05, 0.1) is 30.8 Å². The Morgan fingerprint density at radius 1 is 1.22 bits per heavy atom. The van der Waals surface area contributed by atoms with Crippen LogP contribution in [0.15, 0.2) is 36.7 Å². The van der Waals surface area contributed by atoms with Gasteiger partial charge in [-0.15, -0.1) is 0 Å². The van der Waals surface area contributed by atoms with Gasteiger partial charge >= 0.3 is 0 Å². The van der Waals surface area contributed by atoms with Gasteiger partial charge < -0.3 is 10.1 Å². The summed E-state index contributed by atoms with van der Waals surface area (Å²) in [5.74, 6) is 0.664. The van der Waals surface area contributed by atoms with Crippen LogP contribution in [0, 0.1) is 6.92 Å². The minimum absolute atomic E-state index is 0.273. The fraction of sp³-hybridized carbons (Fsp3) is 0.154. The molecule has 0 bridgehead atoms. The molecule has 5 nitrogen and oxygen atoms in total. The second-order valence-corrected chi connectivity index (χ2v) is 3.70. The van der Waals surface area contributed by atoms with Crippen molar-refractivity contribution in [3.63, 3.8) is 0 Å². The SMILES string of the molecule is COc1ccccc1C(=O)Nc1cnc(C)cn1. The van der Waals surface area contributed by atoms with Crippen molar-refractivity contribution in [1.82, 2.24) is 9.97 Å². The van der Waals surface area contributed by atoms with Crippen LogP contribution in [-0.4, -0.2) is 23.0 Å². The number of methoxy groups -OCH3 is 1. The van der Waals surface area contributed by atoms with Gasteiger partial charge in [-0.1, -0.05) is 12.1 Å². The molecule has 1 heterocycles. The van der Waals surface area contributed by atoms with E-state index in [0.717, 1.165) is 5.69 Å². The molecule has 1 N–H and O–H groups in total. The Balaban J connectivity index is 2.19. The topological polar surface area (TPSA) is 64.1 Å². The number of para-hydroxylation sites is 1. The lowest BCUT2D eigenvalue weighted by Gasteiger charge is -2.08. The molecule has 1 aromatic heterocycles. The first-order valence-corrected chi connectivity index (χ1v) is 5.43. The van der Waals surface area contributed by atoms with Gasteiger partial charge in [0.1, 0.15) is 5.75 Å². The van der Waals surface area contributed by atoms with E-state index in [2.05, 4.69) is 15.3 Å². The summed E-state index contributed by atoms with van der Waals surface area (Å²) < 4.78 is 5.13. The van der Waals surface area contributed by atoms with Crippen molar-refractivity contribution in [2.75, 3.05) is 12.4 Å². The Kier molecular flexibility index (Phi) is 3.52. The van der Waals surface area contributed by atoms with Gasteiger partial charge in [0.15, 0.2) is 5.82 Å². The highest BCUT2D eigenvalue weighted by atomic mass is 16.5. The molecule has 1 aromatic carbocycles. The third-order valence-corrected chi connectivity index (χ3v) is 2.37. The van der Waals surface area contributed by atoms with Crippen LogP contribution in [0.5, 0.6) is 5.75 Å². The summed E-state index contributed by atoms with van der Waals surface area (Å²) in [6, 6.07) is 7.01. The van der Waals surface area contributed by atoms with Crippen molar-refractivity contribution in [3.8, 4) is 5.75 Å². The molecule has 0 saturated heterocycles. The zero-order chi connectivity index (χ0) is 13.0. The Labute approximate surface area is 105 Å². The van der Waals surface area contributed by atoms with Gasteiger partial charge in [-0.2, -0.15) is 0 Å². The molecule has 2 rings (SSSR count). The molecule has 0 saturated carbocycles. The summed E-state index contributed by atoms with van der Waals surface area (Å²) in [6.07, 6.45) is 3.11. The monoisotopic (exact) mass is 243 g/mol. The van der Waals surface area contributed by atoms with E-state index < -0.39 is 0 Å². The number of benzene rings is 1. The van der Waals surface area contributed by atoms with Crippen LogP contribution in [0.2, 0.25) is 0 Å². The fourth-order valence-corrected chi connectivity index (χ4v) is 1.47. The Morgan fingerprint density at radius 2 is 2.00 bits per heavy atom. The zero-order valence-corrected chi connectivity index (χ0v) is 10.2. The standard InChI is InChI=1S/C13H13N3O2/c1-9-7-15-12(8-14-9)16-13(17)10-5-3-4-6-11(10)18-2/h3-8H,1-2H3,(H,15,16,17). The highest BCUT2D eigenvalue weighted by Crippen LogP contribution is 2.18. The molecule has 0 aliphatic rings. The number of aryl methyl sites for hydroxylation is 1. The number of amides is 1. The summed E-state index contributed by atoms with van der Waals surface area (Å²) in [4.78, 5) is 20.1. The summed E-state index contributed by atoms with van der Waals surface area (Å²) in [6.45, 7) is 1.83. The minimum Gasteiger partial charge on any atom is -0.496 e. The summed E-state index contributed by atoms with van der Waals surface area (Å²) >= 11 is 0. The van der Waals surface area contributed by atoms with Gasteiger partial charge in [-0.3, -0.25) is 9.78 Å². The Morgan fingerprint density at radius 3 is 2.67 bits per heavy atom. The first-order chi connectivity index (χ1) is 8.70. The molecule has 0 aliphatic heterocycles. The normalized spacial score (nSPS) is 9.89. The van der Waals surface area contributed by atoms with E-state index in [1.807, 2.05) is 6.92 Å². The lowest BCUT2D eigenvalue weighted by Crippen LogP contribution is -2.14. The molecule has 0 spiro atoms. The first-order valence-electron chi connectivity index (χ1n) is 5.43. The van der Waals surface area contributed by atoms with Crippen molar-refractivity contribution in [2.45, 2.75) is 6.92 Å². The van der Waals surface area contributed by atoms with E-state index in [9.17, 15) is 4.79 Å². The van der Waals surface area contributed by atoms with Crippen molar-refractivity contribution in [3.05, 3.63) is 47.9 Å². The third kappa shape index (κ3) is 2.63. The molecular formula is C13H13N3O2. The number of nitrogens with zero attached hydrogens (tertiary/aromatic N) is 2. The first kappa shape index (κ1) is 12.0. The maximum absolute atomic E-state index is 12.0. The molecule has 92 valence electrons. The number of hydrogen-bond acceptors (Lipinski definition) is 4. The predicted octanol–water partition coefficient (Wildman–Crippen LogP) is 2.05.